The first-order valence-corrected chi connectivity index (χ1v) is 7.42. The molecule has 0 aromatic rings. The van der Waals surface area contributed by atoms with Gasteiger partial charge >= 0.3 is 0 Å². The molecule has 5 nitrogen and oxygen atoms in total. The topological polar surface area (TPSA) is 52.7 Å². The van der Waals surface area contributed by atoms with E-state index in [1.165, 1.54) is 4.31 Å². The third-order valence-electron chi connectivity index (χ3n) is 3.69. The Bertz CT molecular complexity index is 330. The third kappa shape index (κ3) is 1.99. The van der Waals surface area contributed by atoms with Gasteiger partial charge in [-0.25, -0.2) is 0 Å². The Labute approximate surface area is 98.0 Å². The van der Waals surface area contributed by atoms with Gasteiger partial charge < -0.3 is 5.32 Å². The van der Waals surface area contributed by atoms with E-state index in [4.69, 9.17) is 0 Å². The standard InChI is InChI=1S/C10H21N3O2S/c1-3-12(2)16(14,15)13-9-4-5-10(13)8-11-7-6-9/h9-11H,3-8H2,1-2H3. The molecule has 2 aliphatic rings. The molecule has 6 heteroatoms. The minimum atomic E-state index is -3.24. The van der Waals surface area contributed by atoms with Gasteiger partial charge in [-0.05, 0) is 25.8 Å². The van der Waals surface area contributed by atoms with E-state index < -0.39 is 10.2 Å². The summed E-state index contributed by atoms with van der Waals surface area (Å²) < 4.78 is 27.9. The zero-order valence-corrected chi connectivity index (χ0v) is 10.8. The monoisotopic (exact) mass is 247 g/mol. The molecule has 2 bridgehead atoms. The normalized spacial score (nSPS) is 31.9. The van der Waals surface area contributed by atoms with E-state index in [0.29, 0.717) is 6.54 Å². The molecule has 0 aromatic carbocycles. The van der Waals surface area contributed by atoms with Gasteiger partial charge in [0.15, 0.2) is 0 Å². The fourth-order valence-electron chi connectivity index (χ4n) is 2.64. The fraction of sp³-hybridized carbons (Fsp3) is 1.00. The zero-order chi connectivity index (χ0) is 11.8. The molecular formula is C10H21N3O2S. The minimum absolute atomic E-state index is 0.159. The summed E-state index contributed by atoms with van der Waals surface area (Å²) in [6, 6.07) is 0.366. The van der Waals surface area contributed by atoms with Crippen LogP contribution >= 0.6 is 0 Å². The third-order valence-corrected chi connectivity index (χ3v) is 5.87. The largest absolute Gasteiger partial charge is 0.315 e. The zero-order valence-electron chi connectivity index (χ0n) is 10.0. The van der Waals surface area contributed by atoms with Crippen LogP contribution in [-0.2, 0) is 10.2 Å². The number of hydrogen-bond acceptors (Lipinski definition) is 3. The van der Waals surface area contributed by atoms with Crippen LogP contribution in [0, 0.1) is 0 Å². The summed E-state index contributed by atoms with van der Waals surface area (Å²) in [5.41, 5.74) is 0. The molecule has 16 heavy (non-hydrogen) atoms. The van der Waals surface area contributed by atoms with Crippen LogP contribution in [0.5, 0.6) is 0 Å². The lowest BCUT2D eigenvalue weighted by molar-refractivity contribution is 0.305. The summed E-state index contributed by atoms with van der Waals surface area (Å²) in [7, 11) is -1.58. The van der Waals surface area contributed by atoms with Crippen molar-refractivity contribution in [1.29, 1.82) is 0 Å². The Balaban J connectivity index is 2.25. The Kier molecular flexibility index (Phi) is 3.53. The summed E-state index contributed by atoms with van der Waals surface area (Å²) >= 11 is 0. The Morgan fingerprint density at radius 1 is 1.31 bits per heavy atom. The molecule has 94 valence electrons. The number of rotatable bonds is 3. The van der Waals surface area contributed by atoms with Crippen LogP contribution < -0.4 is 5.32 Å². The molecule has 0 aliphatic carbocycles. The van der Waals surface area contributed by atoms with Crippen molar-refractivity contribution in [2.24, 2.45) is 0 Å². The van der Waals surface area contributed by atoms with Crippen LogP contribution in [0.3, 0.4) is 0 Å². The summed E-state index contributed by atoms with van der Waals surface area (Å²) in [6.45, 7) is 4.14. The molecule has 2 unspecified atom stereocenters. The van der Waals surface area contributed by atoms with Gasteiger partial charge in [0.2, 0.25) is 0 Å². The van der Waals surface area contributed by atoms with Crippen molar-refractivity contribution in [3.8, 4) is 0 Å². The second-order valence-corrected chi connectivity index (χ2v) is 6.57. The van der Waals surface area contributed by atoms with Gasteiger partial charge in [0, 0.05) is 32.2 Å². The molecule has 0 radical (unpaired) electrons. The Morgan fingerprint density at radius 3 is 2.69 bits per heavy atom. The molecule has 0 amide bonds. The minimum Gasteiger partial charge on any atom is -0.315 e. The Hall–Kier alpha value is -0.170. The maximum Gasteiger partial charge on any atom is 0.282 e. The molecule has 2 heterocycles. The quantitative estimate of drug-likeness (QED) is 0.764. The molecule has 0 saturated carbocycles. The maximum atomic E-state index is 12.4. The fourth-order valence-corrected chi connectivity index (χ4v) is 4.43. The number of fused-ring (bicyclic) bond motifs is 2. The van der Waals surface area contributed by atoms with E-state index in [0.717, 1.165) is 32.4 Å². The van der Waals surface area contributed by atoms with E-state index in [1.54, 1.807) is 11.4 Å². The van der Waals surface area contributed by atoms with Gasteiger partial charge in [0.05, 0.1) is 0 Å². The highest BCUT2D eigenvalue weighted by atomic mass is 32.2. The maximum absolute atomic E-state index is 12.4. The second kappa shape index (κ2) is 4.60. The molecule has 2 saturated heterocycles. The first-order chi connectivity index (χ1) is 7.57. The second-order valence-electron chi connectivity index (χ2n) is 4.63. The molecule has 2 rings (SSSR count). The van der Waals surface area contributed by atoms with E-state index in [1.807, 2.05) is 6.92 Å². The average Bonchev–Trinajstić information content (AvgIpc) is 2.51. The highest BCUT2D eigenvalue weighted by Gasteiger charge is 2.43. The molecular weight excluding hydrogens is 226 g/mol. The predicted octanol–water partition coefficient (Wildman–Crippen LogP) is 0.00920. The smallest absolute Gasteiger partial charge is 0.282 e. The highest BCUT2D eigenvalue weighted by molar-refractivity contribution is 7.86. The van der Waals surface area contributed by atoms with E-state index >= 15 is 0 Å². The van der Waals surface area contributed by atoms with Crippen LogP contribution in [0.2, 0.25) is 0 Å². The van der Waals surface area contributed by atoms with Crippen molar-refractivity contribution in [3.63, 3.8) is 0 Å². The van der Waals surface area contributed by atoms with Gasteiger partial charge in [-0.1, -0.05) is 6.92 Å². The van der Waals surface area contributed by atoms with Crippen LogP contribution in [0.4, 0.5) is 0 Å². The lowest BCUT2D eigenvalue weighted by Crippen LogP contribution is -2.48. The molecule has 0 aromatic heterocycles. The first kappa shape index (κ1) is 12.3. The van der Waals surface area contributed by atoms with Gasteiger partial charge in [-0.2, -0.15) is 17.0 Å². The average molecular weight is 247 g/mol. The SMILES string of the molecule is CCN(C)S(=O)(=O)N1C2CCNCC1CC2. The first-order valence-electron chi connectivity index (χ1n) is 6.03. The van der Waals surface area contributed by atoms with Crippen molar-refractivity contribution >= 4 is 10.2 Å². The van der Waals surface area contributed by atoms with Crippen molar-refractivity contribution in [1.82, 2.24) is 13.9 Å². The van der Waals surface area contributed by atoms with Crippen LogP contribution in [0.1, 0.15) is 26.2 Å². The van der Waals surface area contributed by atoms with Gasteiger partial charge in [0.1, 0.15) is 0 Å². The van der Waals surface area contributed by atoms with E-state index in [9.17, 15) is 8.42 Å². The van der Waals surface area contributed by atoms with E-state index in [-0.39, 0.29) is 12.1 Å². The predicted molar refractivity (Wildman–Crippen MR) is 63.4 cm³/mol. The van der Waals surface area contributed by atoms with Crippen LogP contribution in [0.25, 0.3) is 0 Å². The van der Waals surface area contributed by atoms with Crippen molar-refractivity contribution < 1.29 is 8.42 Å². The summed E-state index contributed by atoms with van der Waals surface area (Å²) in [6.07, 6.45) is 2.95. The number of nitrogens with one attached hydrogen (secondary N) is 1. The van der Waals surface area contributed by atoms with Gasteiger partial charge in [-0.3, -0.25) is 0 Å². The highest BCUT2D eigenvalue weighted by Crippen LogP contribution is 2.31. The van der Waals surface area contributed by atoms with Gasteiger partial charge in [0.25, 0.3) is 10.2 Å². The van der Waals surface area contributed by atoms with Crippen LogP contribution in [0.15, 0.2) is 0 Å². The Morgan fingerprint density at radius 2 is 2.00 bits per heavy atom. The number of nitrogens with zero attached hydrogens (tertiary/aromatic N) is 2. The summed E-state index contributed by atoms with van der Waals surface area (Å²) in [4.78, 5) is 0. The lowest BCUT2D eigenvalue weighted by atomic mass is 10.1. The van der Waals surface area contributed by atoms with Crippen molar-refractivity contribution in [2.75, 3.05) is 26.7 Å². The van der Waals surface area contributed by atoms with E-state index in [2.05, 4.69) is 5.32 Å². The van der Waals surface area contributed by atoms with Crippen molar-refractivity contribution in [2.45, 2.75) is 38.3 Å². The molecule has 2 atom stereocenters. The molecule has 1 N–H and O–H groups in total. The van der Waals surface area contributed by atoms with Crippen molar-refractivity contribution in [3.05, 3.63) is 0 Å². The van der Waals surface area contributed by atoms with Gasteiger partial charge in [-0.15, -0.1) is 0 Å². The molecule has 0 spiro atoms. The molecule has 2 fully saturated rings. The lowest BCUT2D eigenvalue weighted by Gasteiger charge is -2.30. The number of hydrogen-bond donors (Lipinski definition) is 1. The summed E-state index contributed by atoms with van der Waals surface area (Å²) in [5, 5.41) is 3.31. The molecule has 2 aliphatic heterocycles. The summed E-state index contributed by atoms with van der Waals surface area (Å²) in [5.74, 6) is 0. The van der Waals surface area contributed by atoms with Crippen LogP contribution in [-0.4, -0.2) is 55.8 Å².